The van der Waals surface area contributed by atoms with Gasteiger partial charge in [0.25, 0.3) is 0 Å². The number of hydrogen-bond donors (Lipinski definition) is 2. The van der Waals surface area contributed by atoms with Gasteiger partial charge in [0.05, 0.1) is 5.75 Å². The Morgan fingerprint density at radius 1 is 1.13 bits per heavy atom. The Morgan fingerprint density at radius 2 is 1.80 bits per heavy atom. The number of nitrogens with one attached hydrogen (secondary N) is 1. The summed E-state index contributed by atoms with van der Waals surface area (Å²) in [6.07, 6.45) is 0. The molecule has 158 valence electrons. The molecule has 30 heavy (non-hydrogen) atoms. The molecule has 3 rings (SSSR count). The summed E-state index contributed by atoms with van der Waals surface area (Å²) in [5.41, 5.74) is 1.99. The van der Waals surface area contributed by atoms with E-state index in [1.807, 2.05) is 24.3 Å². The van der Waals surface area contributed by atoms with Gasteiger partial charge in [-0.05, 0) is 47.4 Å². The molecule has 3 N–H and O–H groups in total. The zero-order chi connectivity index (χ0) is 21.7. The molecule has 2 aromatic carbocycles. The number of nitrogens with two attached hydrogens (primary N) is 1. The van der Waals surface area contributed by atoms with Crippen LogP contribution < -0.4 is 15.9 Å². The third-order valence-corrected chi connectivity index (χ3v) is 5.48. The number of thioether (sulfide) groups is 1. The molecule has 0 unspecified atom stereocenters. The van der Waals surface area contributed by atoms with Crippen molar-refractivity contribution in [2.24, 2.45) is 0 Å². The Labute approximate surface area is 184 Å². The van der Waals surface area contributed by atoms with Crippen LogP contribution in [0.25, 0.3) is 0 Å². The largest absolute Gasteiger partial charge is 0.486 e. The number of amides is 1. The second-order valence-electron chi connectivity index (χ2n) is 7.68. The third kappa shape index (κ3) is 5.90. The lowest BCUT2D eigenvalue weighted by Crippen LogP contribution is -2.18. The fourth-order valence-electron chi connectivity index (χ4n) is 2.56. The van der Waals surface area contributed by atoms with Crippen LogP contribution in [0.15, 0.2) is 53.7 Å². The predicted octanol–water partition coefficient (Wildman–Crippen LogP) is 4.25. The normalized spacial score (nSPS) is 11.3. The van der Waals surface area contributed by atoms with Crippen LogP contribution in [-0.2, 0) is 16.8 Å². The molecule has 3 aromatic rings. The quantitative estimate of drug-likeness (QED) is 0.417. The SMILES string of the molecule is CC(C)(C)c1ccc(OCc2nnc(SCC(=O)Nc3ccc(Cl)cc3)n2N)cc1. The first kappa shape index (κ1) is 22.0. The van der Waals surface area contributed by atoms with Gasteiger partial charge in [-0.2, -0.15) is 0 Å². The zero-order valence-corrected chi connectivity index (χ0v) is 18.6. The van der Waals surface area contributed by atoms with Gasteiger partial charge >= 0.3 is 0 Å². The number of rotatable bonds is 7. The average Bonchev–Trinajstić information content (AvgIpc) is 3.06. The van der Waals surface area contributed by atoms with Gasteiger partial charge in [-0.25, -0.2) is 4.68 Å². The van der Waals surface area contributed by atoms with Crippen molar-refractivity contribution in [3.63, 3.8) is 0 Å². The summed E-state index contributed by atoms with van der Waals surface area (Å²) >= 11 is 7.04. The molecule has 0 fully saturated rings. The number of benzene rings is 2. The number of carbonyl (C=O) groups excluding carboxylic acids is 1. The first-order valence-electron chi connectivity index (χ1n) is 9.33. The summed E-state index contributed by atoms with van der Waals surface area (Å²) in [7, 11) is 0. The van der Waals surface area contributed by atoms with E-state index in [-0.39, 0.29) is 23.7 Å². The van der Waals surface area contributed by atoms with E-state index in [2.05, 4.69) is 36.3 Å². The maximum absolute atomic E-state index is 12.1. The van der Waals surface area contributed by atoms with Gasteiger partial charge in [-0.1, -0.05) is 56.3 Å². The number of hydrogen-bond acceptors (Lipinski definition) is 6. The van der Waals surface area contributed by atoms with Gasteiger partial charge < -0.3 is 15.9 Å². The second-order valence-corrected chi connectivity index (χ2v) is 9.05. The molecule has 0 aliphatic rings. The summed E-state index contributed by atoms with van der Waals surface area (Å²) < 4.78 is 7.10. The van der Waals surface area contributed by atoms with Gasteiger partial charge in [0.2, 0.25) is 11.1 Å². The molecule has 0 bridgehead atoms. The van der Waals surface area contributed by atoms with Crippen molar-refractivity contribution >= 4 is 35.0 Å². The van der Waals surface area contributed by atoms with E-state index in [4.69, 9.17) is 22.2 Å². The van der Waals surface area contributed by atoms with Crippen molar-refractivity contribution in [1.29, 1.82) is 0 Å². The Kier molecular flexibility index (Phi) is 6.89. The molecule has 7 nitrogen and oxygen atoms in total. The smallest absolute Gasteiger partial charge is 0.234 e. The average molecular weight is 446 g/mol. The lowest BCUT2D eigenvalue weighted by Gasteiger charge is -2.19. The van der Waals surface area contributed by atoms with Crippen LogP contribution in [0, 0.1) is 0 Å². The van der Waals surface area contributed by atoms with Crippen LogP contribution >= 0.6 is 23.4 Å². The second kappa shape index (κ2) is 9.40. The van der Waals surface area contributed by atoms with Gasteiger partial charge in [0, 0.05) is 10.7 Å². The highest BCUT2D eigenvalue weighted by Crippen LogP contribution is 2.24. The Hall–Kier alpha value is -2.71. The molecule has 0 saturated heterocycles. The van der Waals surface area contributed by atoms with Crippen molar-refractivity contribution in [3.05, 3.63) is 64.9 Å². The van der Waals surface area contributed by atoms with Crippen molar-refractivity contribution in [1.82, 2.24) is 14.9 Å². The van der Waals surface area contributed by atoms with E-state index in [1.54, 1.807) is 24.3 Å². The molecule has 1 amide bonds. The van der Waals surface area contributed by atoms with Gasteiger partial charge in [0.1, 0.15) is 12.4 Å². The predicted molar refractivity (Wildman–Crippen MR) is 120 cm³/mol. The summed E-state index contributed by atoms with van der Waals surface area (Å²) in [6.45, 7) is 6.66. The molecule has 9 heteroatoms. The maximum atomic E-state index is 12.1. The van der Waals surface area contributed by atoms with E-state index < -0.39 is 0 Å². The minimum Gasteiger partial charge on any atom is -0.486 e. The molecular formula is C21H24ClN5O2S. The van der Waals surface area contributed by atoms with Crippen molar-refractivity contribution in [2.75, 3.05) is 16.9 Å². The van der Waals surface area contributed by atoms with Crippen LogP contribution in [0.5, 0.6) is 5.75 Å². The highest BCUT2D eigenvalue weighted by atomic mass is 35.5. The van der Waals surface area contributed by atoms with Crippen LogP contribution in [-0.4, -0.2) is 26.5 Å². The standard InChI is InChI=1S/C21H24ClN5O2S/c1-21(2,3)14-4-10-17(11-5-14)29-12-18-25-26-20(27(18)23)30-13-19(28)24-16-8-6-15(22)7-9-16/h4-11H,12-13,23H2,1-3H3,(H,24,28). The van der Waals surface area contributed by atoms with E-state index in [9.17, 15) is 4.79 Å². The topological polar surface area (TPSA) is 95.1 Å². The van der Waals surface area contributed by atoms with Crippen LogP contribution in [0.1, 0.15) is 32.2 Å². The number of aromatic nitrogens is 3. The summed E-state index contributed by atoms with van der Waals surface area (Å²) in [4.78, 5) is 12.1. The fraction of sp³-hybridized carbons (Fsp3) is 0.286. The Morgan fingerprint density at radius 3 is 2.43 bits per heavy atom. The third-order valence-electron chi connectivity index (χ3n) is 4.28. The van der Waals surface area contributed by atoms with Gasteiger partial charge in [0.15, 0.2) is 5.82 Å². The molecule has 0 radical (unpaired) electrons. The van der Waals surface area contributed by atoms with Crippen molar-refractivity contribution in [3.8, 4) is 5.75 Å². The van der Waals surface area contributed by atoms with E-state index in [0.717, 1.165) is 5.75 Å². The van der Waals surface area contributed by atoms with Gasteiger partial charge in [-0.3, -0.25) is 4.79 Å². The summed E-state index contributed by atoms with van der Waals surface area (Å²) in [5.74, 6) is 7.21. The molecule has 0 aliphatic carbocycles. The first-order valence-corrected chi connectivity index (χ1v) is 10.7. The van der Waals surface area contributed by atoms with E-state index in [1.165, 1.54) is 22.0 Å². The molecular weight excluding hydrogens is 422 g/mol. The number of carbonyl (C=O) groups is 1. The number of ether oxygens (including phenoxy) is 1. The number of nitrogens with zero attached hydrogens (tertiary/aromatic N) is 3. The highest BCUT2D eigenvalue weighted by molar-refractivity contribution is 7.99. The zero-order valence-electron chi connectivity index (χ0n) is 17.1. The molecule has 0 atom stereocenters. The number of nitrogen functional groups attached to an aromatic ring is 1. The minimum atomic E-state index is -0.179. The van der Waals surface area contributed by atoms with Crippen molar-refractivity contribution < 1.29 is 9.53 Å². The number of anilines is 1. The monoisotopic (exact) mass is 445 g/mol. The Balaban J connectivity index is 1.51. The van der Waals surface area contributed by atoms with E-state index >= 15 is 0 Å². The van der Waals surface area contributed by atoms with Crippen LogP contribution in [0.3, 0.4) is 0 Å². The Bertz CT molecular complexity index is 998. The molecule has 1 heterocycles. The van der Waals surface area contributed by atoms with Crippen LogP contribution in [0.4, 0.5) is 5.69 Å². The summed E-state index contributed by atoms with van der Waals surface area (Å²) in [6, 6.07) is 14.8. The lowest BCUT2D eigenvalue weighted by molar-refractivity contribution is -0.113. The van der Waals surface area contributed by atoms with Crippen molar-refractivity contribution in [2.45, 2.75) is 37.9 Å². The molecule has 1 aromatic heterocycles. The van der Waals surface area contributed by atoms with E-state index in [0.29, 0.717) is 21.7 Å². The summed E-state index contributed by atoms with van der Waals surface area (Å²) in [5, 5.41) is 11.9. The minimum absolute atomic E-state index is 0.0853. The highest BCUT2D eigenvalue weighted by Gasteiger charge is 2.15. The first-order chi connectivity index (χ1) is 14.2. The number of halogens is 1. The van der Waals surface area contributed by atoms with Crippen LogP contribution in [0.2, 0.25) is 5.02 Å². The fourth-order valence-corrected chi connectivity index (χ4v) is 3.36. The maximum Gasteiger partial charge on any atom is 0.234 e. The van der Waals surface area contributed by atoms with Gasteiger partial charge in [-0.15, -0.1) is 10.2 Å². The molecule has 0 spiro atoms. The molecule has 0 aliphatic heterocycles. The lowest BCUT2D eigenvalue weighted by atomic mass is 9.87. The molecule has 0 saturated carbocycles.